The Morgan fingerprint density at radius 3 is 2.41 bits per heavy atom. The predicted octanol–water partition coefficient (Wildman–Crippen LogP) is 2.54. The second-order valence-electron chi connectivity index (χ2n) is 4.80. The Morgan fingerprint density at radius 2 is 1.76 bits per heavy atom. The van der Waals surface area contributed by atoms with Crippen LogP contribution >= 0.6 is 0 Å². The highest BCUT2D eigenvalue weighted by molar-refractivity contribution is 7.89. The van der Waals surface area contributed by atoms with E-state index in [1.807, 2.05) is 6.07 Å². The molecule has 0 aliphatic heterocycles. The predicted molar refractivity (Wildman–Crippen MR) is 68.2 cm³/mol. The maximum absolute atomic E-state index is 12.1. The second kappa shape index (κ2) is 5.19. The fraction of sp³-hybridized carbons (Fsp3) is 0.538. The van der Waals surface area contributed by atoms with Crippen molar-refractivity contribution in [2.24, 2.45) is 5.92 Å². The molecule has 2 rings (SSSR count). The van der Waals surface area contributed by atoms with Gasteiger partial charge in [0.2, 0.25) is 10.0 Å². The Balaban J connectivity index is 2.12. The molecule has 1 fully saturated rings. The molecule has 0 spiro atoms. The van der Waals surface area contributed by atoms with Crippen LogP contribution in [0.3, 0.4) is 0 Å². The summed E-state index contributed by atoms with van der Waals surface area (Å²) in [5.74, 6) is 0.433. The van der Waals surface area contributed by atoms with Gasteiger partial charge >= 0.3 is 0 Å². The monoisotopic (exact) mass is 253 g/mol. The minimum absolute atomic E-state index is 0.0916. The molecule has 1 aliphatic carbocycles. The van der Waals surface area contributed by atoms with E-state index in [0.717, 1.165) is 19.3 Å². The van der Waals surface area contributed by atoms with E-state index in [0.29, 0.717) is 10.8 Å². The van der Waals surface area contributed by atoms with E-state index >= 15 is 0 Å². The van der Waals surface area contributed by atoms with Crippen molar-refractivity contribution in [2.75, 3.05) is 0 Å². The van der Waals surface area contributed by atoms with E-state index in [2.05, 4.69) is 11.6 Å². The average molecular weight is 253 g/mol. The van der Waals surface area contributed by atoms with E-state index in [1.54, 1.807) is 24.3 Å². The Bertz CT molecular complexity index is 456. The fourth-order valence-corrected chi connectivity index (χ4v) is 3.76. The van der Waals surface area contributed by atoms with Gasteiger partial charge in [-0.3, -0.25) is 0 Å². The van der Waals surface area contributed by atoms with Crippen LogP contribution in [0.1, 0.15) is 32.6 Å². The number of benzene rings is 1. The van der Waals surface area contributed by atoms with Gasteiger partial charge in [0.05, 0.1) is 4.90 Å². The highest BCUT2D eigenvalue weighted by Crippen LogP contribution is 2.25. The summed E-state index contributed by atoms with van der Waals surface area (Å²) in [6.07, 6.45) is 4.40. The van der Waals surface area contributed by atoms with Crippen LogP contribution < -0.4 is 4.72 Å². The summed E-state index contributed by atoms with van der Waals surface area (Å²) in [5.41, 5.74) is 0. The van der Waals surface area contributed by atoms with Crippen LogP contribution in [0.15, 0.2) is 35.2 Å². The van der Waals surface area contributed by atoms with Gasteiger partial charge in [0.1, 0.15) is 0 Å². The first-order valence-corrected chi connectivity index (χ1v) is 7.65. The molecule has 17 heavy (non-hydrogen) atoms. The molecule has 2 atom stereocenters. The number of rotatable bonds is 3. The second-order valence-corrected chi connectivity index (χ2v) is 6.52. The third-order valence-corrected chi connectivity index (χ3v) is 4.98. The van der Waals surface area contributed by atoms with E-state index in [-0.39, 0.29) is 6.04 Å². The SMILES string of the molecule is C[C@@H]1CCCCC1NS(=O)(=O)c1ccccc1. The first-order valence-electron chi connectivity index (χ1n) is 6.17. The van der Waals surface area contributed by atoms with Gasteiger partial charge in [-0.25, -0.2) is 13.1 Å². The van der Waals surface area contributed by atoms with Gasteiger partial charge in [-0.1, -0.05) is 38.0 Å². The van der Waals surface area contributed by atoms with Crippen molar-refractivity contribution >= 4 is 10.0 Å². The van der Waals surface area contributed by atoms with E-state index < -0.39 is 10.0 Å². The van der Waals surface area contributed by atoms with Crippen molar-refractivity contribution in [1.29, 1.82) is 0 Å². The van der Waals surface area contributed by atoms with Crippen LogP contribution in [0.25, 0.3) is 0 Å². The van der Waals surface area contributed by atoms with E-state index in [4.69, 9.17) is 0 Å². The van der Waals surface area contributed by atoms with Gasteiger partial charge in [-0.2, -0.15) is 0 Å². The van der Waals surface area contributed by atoms with Crippen LogP contribution in [-0.2, 0) is 10.0 Å². The largest absolute Gasteiger partial charge is 0.240 e. The maximum Gasteiger partial charge on any atom is 0.240 e. The van der Waals surface area contributed by atoms with Crippen molar-refractivity contribution in [3.8, 4) is 0 Å². The van der Waals surface area contributed by atoms with Gasteiger partial charge in [-0.05, 0) is 30.9 Å². The first kappa shape index (κ1) is 12.6. The molecular formula is C13H19NO2S. The maximum atomic E-state index is 12.1. The zero-order valence-corrected chi connectivity index (χ0v) is 10.9. The molecule has 4 heteroatoms. The molecular weight excluding hydrogens is 234 g/mol. The van der Waals surface area contributed by atoms with Gasteiger partial charge in [0.15, 0.2) is 0 Å². The van der Waals surface area contributed by atoms with Crippen LogP contribution in [0.2, 0.25) is 0 Å². The van der Waals surface area contributed by atoms with Crippen molar-refractivity contribution in [3.05, 3.63) is 30.3 Å². The number of nitrogens with one attached hydrogen (secondary N) is 1. The molecule has 0 bridgehead atoms. The topological polar surface area (TPSA) is 46.2 Å². The van der Waals surface area contributed by atoms with Gasteiger partial charge < -0.3 is 0 Å². The normalized spacial score (nSPS) is 25.7. The van der Waals surface area contributed by atoms with Crippen molar-refractivity contribution in [3.63, 3.8) is 0 Å². The fourth-order valence-electron chi connectivity index (χ4n) is 2.36. The minimum Gasteiger partial charge on any atom is -0.208 e. The average Bonchev–Trinajstić information content (AvgIpc) is 2.33. The summed E-state index contributed by atoms with van der Waals surface area (Å²) in [5, 5.41) is 0. The van der Waals surface area contributed by atoms with Crippen LogP contribution in [0.4, 0.5) is 0 Å². The van der Waals surface area contributed by atoms with Gasteiger partial charge in [-0.15, -0.1) is 0 Å². The van der Waals surface area contributed by atoms with Crippen LogP contribution in [0.5, 0.6) is 0 Å². The lowest BCUT2D eigenvalue weighted by atomic mass is 9.87. The molecule has 1 aliphatic rings. The molecule has 0 saturated heterocycles. The Labute approximate surface area is 103 Å². The molecule has 1 N–H and O–H groups in total. The molecule has 94 valence electrons. The third-order valence-electron chi connectivity index (χ3n) is 3.47. The smallest absolute Gasteiger partial charge is 0.208 e. The highest BCUT2D eigenvalue weighted by atomic mass is 32.2. The standard InChI is InChI=1S/C13H19NO2S/c1-11-7-5-6-10-13(11)14-17(15,16)12-8-3-2-4-9-12/h2-4,8-9,11,13-14H,5-7,10H2,1H3/t11-,13?/m1/s1. The van der Waals surface area contributed by atoms with Crippen molar-refractivity contribution < 1.29 is 8.42 Å². The summed E-state index contributed by atoms with van der Waals surface area (Å²) in [6.45, 7) is 2.12. The minimum atomic E-state index is -3.34. The summed E-state index contributed by atoms with van der Waals surface area (Å²) in [4.78, 5) is 0.359. The molecule has 3 nitrogen and oxygen atoms in total. The lowest BCUT2D eigenvalue weighted by molar-refractivity contribution is 0.310. The summed E-state index contributed by atoms with van der Waals surface area (Å²) in [7, 11) is -3.34. The van der Waals surface area contributed by atoms with Gasteiger partial charge in [0, 0.05) is 6.04 Å². The van der Waals surface area contributed by atoms with Gasteiger partial charge in [0.25, 0.3) is 0 Å². The van der Waals surface area contributed by atoms with Crippen molar-refractivity contribution in [1.82, 2.24) is 4.72 Å². The lowest BCUT2D eigenvalue weighted by Crippen LogP contribution is -2.40. The Kier molecular flexibility index (Phi) is 3.84. The molecule has 1 aromatic rings. The zero-order valence-electron chi connectivity index (χ0n) is 10.1. The molecule has 0 heterocycles. The zero-order chi connectivity index (χ0) is 12.3. The Hall–Kier alpha value is -0.870. The highest BCUT2D eigenvalue weighted by Gasteiger charge is 2.26. The lowest BCUT2D eigenvalue weighted by Gasteiger charge is -2.29. The molecule has 0 aromatic heterocycles. The molecule has 1 saturated carbocycles. The molecule has 0 amide bonds. The third kappa shape index (κ3) is 3.07. The first-order chi connectivity index (χ1) is 8.09. The summed E-state index contributed by atoms with van der Waals surface area (Å²) in [6, 6.07) is 8.68. The Morgan fingerprint density at radius 1 is 1.12 bits per heavy atom. The van der Waals surface area contributed by atoms with Crippen LogP contribution in [0, 0.1) is 5.92 Å². The van der Waals surface area contributed by atoms with Crippen molar-refractivity contribution in [2.45, 2.75) is 43.5 Å². The van der Waals surface area contributed by atoms with Crippen LogP contribution in [-0.4, -0.2) is 14.5 Å². The van der Waals surface area contributed by atoms with E-state index in [1.165, 1.54) is 6.42 Å². The molecule has 1 aromatic carbocycles. The number of hydrogen-bond acceptors (Lipinski definition) is 2. The summed E-state index contributed by atoms with van der Waals surface area (Å²) >= 11 is 0. The molecule has 1 unspecified atom stereocenters. The van der Waals surface area contributed by atoms with E-state index in [9.17, 15) is 8.42 Å². The number of hydrogen-bond donors (Lipinski definition) is 1. The number of sulfonamides is 1. The molecule has 0 radical (unpaired) electrons. The quantitative estimate of drug-likeness (QED) is 0.899. The summed E-state index contributed by atoms with van der Waals surface area (Å²) < 4.78 is 27.1.